The SMILES string of the molecule is CCCCCCCCCCCCCCCCCC(=O)O[C@H](COC(=O)CCCCCCCCCCCCC)COC(=O)CCCCCCCCCCC(C)C. The second-order valence-corrected chi connectivity index (χ2v) is 17.2. The third kappa shape index (κ3) is 43.4. The summed E-state index contributed by atoms with van der Waals surface area (Å²) < 4.78 is 16.7. The van der Waals surface area contributed by atoms with Crippen LogP contribution in [0.4, 0.5) is 0 Å². The maximum atomic E-state index is 12.7. The summed E-state index contributed by atoms with van der Waals surface area (Å²) in [5, 5.41) is 0. The molecule has 0 saturated carbocycles. The monoisotopic (exact) mass is 779 g/mol. The van der Waals surface area contributed by atoms with Crippen LogP contribution in [0.2, 0.25) is 0 Å². The van der Waals surface area contributed by atoms with Gasteiger partial charge < -0.3 is 14.2 Å². The largest absolute Gasteiger partial charge is 0.462 e. The summed E-state index contributed by atoms with van der Waals surface area (Å²) in [5.74, 6) is -0.0544. The predicted octanol–water partition coefficient (Wildman–Crippen LogP) is 15.5. The van der Waals surface area contributed by atoms with Gasteiger partial charge in [0.05, 0.1) is 0 Å². The number of hydrogen-bond donors (Lipinski definition) is 0. The minimum absolute atomic E-state index is 0.0636. The summed E-state index contributed by atoms with van der Waals surface area (Å²) in [4.78, 5) is 37.8. The van der Waals surface area contributed by atoms with Crippen molar-refractivity contribution < 1.29 is 28.6 Å². The second kappa shape index (κ2) is 43.5. The molecular weight excluding hydrogens is 685 g/mol. The maximum Gasteiger partial charge on any atom is 0.306 e. The Bertz CT molecular complexity index is 826. The average molecular weight is 779 g/mol. The van der Waals surface area contributed by atoms with Crippen LogP contribution < -0.4 is 0 Å². The van der Waals surface area contributed by atoms with Crippen LogP contribution in [0.3, 0.4) is 0 Å². The summed E-state index contributed by atoms with van der Waals surface area (Å²) in [5.41, 5.74) is 0. The highest BCUT2D eigenvalue weighted by Gasteiger charge is 2.19. The van der Waals surface area contributed by atoms with E-state index in [1.54, 1.807) is 0 Å². The van der Waals surface area contributed by atoms with Crippen LogP contribution >= 0.6 is 0 Å². The summed E-state index contributed by atoms with van der Waals surface area (Å²) in [6.07, 6.45) is 43.7. The number of carbonyl (C=O) groups excluding carboxylic acids is 3. The van der Waals surface area contributed by atoms with Crippen LogP contribution in [-0.2, 0) is 28.6 Å². The quantitative estimate of drug-likeness (QED) is 0.0348. The number of unbranched alkanes of at least 4 members (excludes halogenated alkanes) is 31. The van der Waals surface area contributed by atoms with Crippen LogP contribution in [0.15, 0.2) is 0 Å². The first-order chi connectivity index (χ1) is 26.9. The molecule has 0 spiro atoms. The minimum Gasteiger partial charge on any atom is -0.462 e. The van der Waals surface area contributed by atoms with E-state index >= 15 is 0 Å². The molecule has 0 N–H and O–H groups in total. The number of rotatable bonds is 44. The molecule has 0 fully saturated rings. The molecule has 6 heteroatoms. The lowest BCUT2D eigenvalue weighted by atomic mass is 10.0. The van der Waals surface area contributed by atoms with Crippen LogP contribution in [0.1, 0.15) is 272 Å². The lowest BCUT2D eigenvalue weighted by Gasteiger charge is -2.18. The van der Waals surface area contributed by atoms with Gasteiger partial charge in [-0.05, 0) is 25.2 Å². The van der Waals surface area contributed by atoms with E-state index in [0.717, 1.165) is 63.7 Å². The van der Waals surface area contributed by atoms with E-state index in [0.29, 0.717) is 19.3 Å². The highest BCUT2D eigenvalue weighted by molar-refractivity contribution is 5.71. The fraction of sp³-hybridized carbons (Fsp3) is 0.939. The summed E-state index contributed by atoms with van der Waals surface area (Å²) in [6.45, 7) is 8.97. The van der Waals surface area contributed by atoms with E-state index in [9.17, 15) is 14.4 Å². The van der Waals surface area contributed by atoms with Gasteiger partial charge in [0, 0.05) is 19.3 Å². The smallest absolute Gasteiger partial charge is 0.306 e. The Hall–Kier alpha value is -1.59. The van der Waals surface area contributed by atoms with Crippen LogP contribution in [0.25, 0.3) is 0 Å². The highest BCUT2D eigenvalue weighted by Crippen LogP contribution is 2.16. The Morgan fingerprint density at radius 3 is 0.891 bits per heavy atom. The molecule has 0 aliphatic rings. The molecule has 0 saturated heterocycles. The van der Waals surface area contributed by atoms with Crippen molar-refractivity contribution >= 4 is 17.9 Å². The van der Waals surface area contributed by atoms with Gasteiger partial charge in [-0.15, -0.1) is 0 Å². The number of hydrogen-bond acceptors (Lipinski definition) is 6. The molecule has 0 unspecified atom stereocenters. The van der Waals surface area contributed by atoms with E-state index in [-0.39, 0.29) is 31.1 Å². The van der Waals surface area contributed by atoms with Gasteiger partial charge in [-0.1, -0.05) is 233 Å². The van der Waals surface area contributed by atoms with Gasteiger partial charge in [0.15, 0.2) is 6.10 Å². The molecule has 0 amide bonds. The zero-order chi connectivity index (χ0) is 40.3. The average Bonchev–Trinajstić information content (AvgIpc) is 3.17. The Morgan fingerprint density at radius 1 is 0.345 bits per heavy atom. The lowest BCUT2D eigenvalue weighted by Crippen LogP contribution is -2.30. The van der Waals surface area contributed by atoms with E-state index in [2.05, 4.69) is 27.7 Å². The molecule has 0 aromatic rings. The molecule has 0 rings (SSSR count). The van der Waals surface area contributed by atoms with Crippen LogP contribution in [-0.4, -0.2) is 37.2 Å². The van der Waals surface area contributed by atoms with Crippen molar-refractivity contribution in [2.75, 3.05) is 13.2 Å². The van der Waals surface area contributed by atoms with Crippen molar-refractivity contribution in [1.29, 1.82) is 0 Å². The standard InChI is InChI=1S/C49H94O6/c1-5-7-9-11-13-15-17-18-19-20-22-24-30-34-38-42-49(52)55-46(43-53-47(50)40-36-32-28-23-21-16-14-12-10-8-6-2)44-54-48(51)41-37-33-29-26-25-27-31-35-39-45(3)4/h45-46H,5-44H2,1-4H3/t46-/m1/s1. The minimum atomic E-state index is -0.759. The molecule has 0 aliphatic heterocycles. The van der Waals surface area contributed by atoms with Crippen LogP contribution in [0.5, 0.6) is 0 Å². The Kier molecular flexibility index (Phi) is 42.3. The van der Waals surface area contributed by atoms with Crippen molar-refractivity contribution in [1.82, 2.24) is 0 Å². The van der Waals surface area contributed by atoms with E-state index in [1.165, 1.54) is 167 Å². The van der Waals surface area contributed by atoms with Crippen molar-refractivity contribution in [3.63, 3.8) is 0 Å². The molecule has 6 nitrogen and oxygen atoms in total. The summed E-state index contributed by atoms with van der Waals surface area (Å²) in [7, 11) is 0. The molecule has 326 valence electrons. The Morgan fingerprint density at radius 2 is 0.600 bits per heavy atom. The first-order valence-corrected chi connectivity index (χ1v) is 24.4. The van der Waals surface area contributed by atoms with Crippen molar-refractivity contribution in [2.45, 2.75) is 278 Å². The molecule has 0 bridgehead atoms. The summed E-state index contributed by atoms with van der Waals surface area (Å²) >= 11 is 0. The van der Waals surface area contributed by atoms with Gasteiger partial charge in [0.25, 0.3) is 0 Å². The molecule has 1 atom stereocenters. The van der Waals surface area contributed by atoms with Gasteiger partial charge in [0.2, 0.25) is 0 Å². The van der Waals surface area contributed by atoms with Gasteiger partial charge in [-0.3, -0.25) is 14.4 Å². The highest BCUT2D eigenvalue weighted by atomic mass is 16.6. The molecule has 0 aromatic carbocycles. The normalized spacial score (nSPS) is 11.9. The topological polar surface area (TPSA) is 78.9 Å². The van der Waals surface area contributed by atoms with Gasteiger partial charge in [-0.25, -0.2) is 0 Å². The third-order valence-electron chi connectivity index (χ3n) is 11.0. The Labute approximate surface area is 342 Å². The first-order valence-electron chi connectivity index (χ1n) is 24.4. The molecule has 0 radical (unpaired) electrons. The predicted molar refractivity (Wildman–Crippen MR) is 233 cm³/mol. The number of esters is 3. The molecular formula is C49H94O6. The van der Waals surface area contributed by atoms with Crippen molar-refractivity contribution in [2.24, 2.45) is 5.92 Å². The molecule has 0 aromatic heterocycles. The number of ether oxygens (including phenoxy) is 3. The third-order valence-corrected chi connectivity index (χ3v) is 11.0. The Balaban J connectivity index is 4.31. The van der Waals surface area contributed by atoms with Crippen molar-refractivity contribution in [3.8, 4) is 0 Å². The molecule has 0 heterocycles. The fourth-order valence-corrected chi connectivity index (χ4v) is 7.33. The fourth-order valence-electron chi connectivity index (χ4n) is 7.33. The lowest BCUT2D eigenvalue weighted by molar-refractivity contribution is -0.167. The number of carbonyl (C=O) groups is 3. The molecule has 0 aliphatic carbocycles. The van der Waals surface area contributed by atoms with Gasteiger partial charge in [0.1, 0.15) is 13.2 Å². The van der Waals surface area contributed by atoms with Gasteiger partial charge in [-0.2, -0.15) is 0 Å². The van der Waals surface area contributed by atoms with E-state index < -0.39 is 6.10 Å². The summed E-state index contributed by atoms with van der Waals surface area (Å²) in [6, 6.07) is 0. The zero-order valence-electron chi connectivity index (χ0n) is 37.4. The maximum absolute atomic E-state index is 12.7. The van der Waals surface area contributed by atoms with Crippen LogP contribution in [0, 0.1) is 5.92 Å². The van der Waals surface area contributed by atoms with E-state index in [4.69, 9.17) is 14.2 Å². The zero-order valence-corrected chi connectivity index (χ0v) is 37.4. The van der Waals surface area contributed by atoms with Gasteiger partial charge >= 0.3 is 17.9 Å². The van der Waals surface area contributed by atoms with Crippen molar-refractivity contribution in [3.05, 3.63) is 0 Å². The second-order valence-electron chi connectivity index (χ2n) is 17.2. The molecule has 55 heavy (non-hydrogen) atoms. The first kappa shape index (κ1) is 53.4. The van der Waals surface area contributed by atoms with E-state index in [1.807, 2.05) is 0 Å².